The first-order valence-electron chi connectivity index (χ1n) is 5.20. The minimum atomic E-state index is -5.06. The maximum atomic E-state index is 14.3. The minimum absolute atomic E-state index is 0.181. The molecule has 1 aromatic rings. The van der Waals surface area contributed by atoms with Gasteiger partial charge in [0.05, 0.1) is 0 Å². The molecule has 0 amide bonds. The quantitative estimate of drug-likeness (QED) is 0.302. The predicted molar refractivity (Wildman–Crippen MR) is 52.9 cm³/mol. The molecule has 0 saturated heterocycles. The molecule has 1 aromatic carbocycles. The first-order valence-corrected chi connectivity index (χ1v) is 7.35. The second kappa shape index (κ2) is 4.68. The molecule has 0 nitrogen and oxygen atoms in total. The predicted octanol–water partition coefficient (Wildman–Crippen LogP) is 0.789. The van der Waals surface area contributed by atoms with Crippen LogP contribution in [0.15, 0.2) is 42.5 Å². The molecule has 0 N–H and O–H groups in total. The van der Waals surface area contributed by atoms with E-state index < -0.39 is 42.9 Å². The van der Waals surface area contributed by atoms with E-state index in [0.29, 0.717) is 0 Å². The van der Waals surface area contributed by atoms with Crippen LogP contribution in [0.2, 0.25) is 0 Å². The second-order valence-corrected chi connectivity index (χ2v) is 7.33. The van der Waals surface area contributed by atoms with E-state index in [1.807, 2.05) is 0 Å². The number of halogens is 7. The molecule has 0 radical (unpaired) electrons. The van der Waals surface area contributed by atoms with Gasteiger partial charge in [0.2, 0.25) is 0 Å². The molecule has 104 valence electrons. The Balaban J connectivity index is 2.40. The Morgan fingerprint density at radius 3 is 2.11 bits per heavy atom. The summed E-state index contributed by atoms with van der Waals surface area (Å²) in [7, 11) is 0. The molecular formula is C12H8F6I+. The van der Waals surface area contributed by atoms with Gasteiger partial charge in [-0.2, -0.15) is 22.0 Å². The Morgan fingerprint density at radius 1 is 0.947 bits per heavy atom. The van der Waals surface area contributed by atoms with Gasteiger partial charge >= 0.3 is 36.7 Å². The van der Waals surface area contributed by atoms with E-state index in [1.54, 1.807) is 6.07 Å². The topological polar surface area (TPSA) is 0 Å². The van der Waals surface area contributed by atoms with Gasteiger partial charge in [0, 0.05) is 6.08 Å². The van der Waals surface area contributed by atoms with Crippen LogP contribution in [0.1, 0.15) is 0 Å². The first kappa shape index (κ1) is 14.7. The Bertz CT molecular complexity index is 486. The molecule has 2 atom stereocenters. The van der Waals surface area contributed by atoms with Crippen molar-refractivity contribution in [3.8, 4) is 0 Å². The Morgan fingerprint density at radius 2 is 1.53 bits per heavy atom. The largest absolute Gasteiger partial charge is 0.394 e. The SMILES string of the molecule is FC1C=CC(F)([I+]c2ccccc2)C(F)(F)C1(F)F. The third kappa shape index (κ3) is 2.25. The van der Waals surface area contributed by atoms with Crippen LogP contribution in [0, 0.1) is 3.57 Å². The summed E-state index contributed by atoms with van der Waals surface area (Å²) in [6.07, 6.45) is -2.75. The highest BCUT2D eigenvalue weighted by Crippen LogP contribution is 2.47. The zero-order valence-corrected chi connectivity index (χ0v) is 11.4. The van der Waals surface area contributed by atoms with Crippen LogP contribution >= 0.6 is 0 Å². The summed E-state index contributed by atoms with van der Waals surface area (Å²) in [6, 6.07) is 7.37. The summed E-state index contributed by atoms with van der Waals surface area (Å²) < 4.78 is 77.4. The molecule has 0 bridgehead atoms. The molecular weight excluding hydrogens is 385 g/mol. The highest BCUT2D eigenvalue weighted by Gasteiger charge is 2.80. The van der Waals surface area contributed by atoms with Gasteiger partial charge in [-0.05, 0) is 18.2 Å². The molecule has 2 unspecified atom stereocenters. The average molecular weight is 393 g/mol. The van der Waals surface area contributed by atoms with E-state index in [1.165, 1.54) is 24.3 Å². The van der Waals surface area contributed by atoms with Crippen molar-refractivity contribution in [2.24, 2.45) is 0 Å². The van der Waals surface area contributed by atoms with Crippen molar-refractivity contribution in [2.45, 2.75) is 21.7 Å². The molecule has 0 spiro atoms. The van der Waals surface area contributed by atoms with Crippen molar-refractivity contribution in [3.05, 3.63) is 46.1 Å². The van der Waals surface area contributed by atoms with Crippen LogP contribution in [0.4, 0.5) is 26.3 Å². The van der Waals surface area contributed by atoms with E-state index >= 15 is 0 Å². The Hall–Kier alpha value is -0.730. The minimum Gasteiger partial charge on any atom is -0.236 e. The van der Waals surface area contributed by atoms with Gasteiger partial charge < -0.3 is 0 Å². The van der Waals surface area contributed by atoms with Gasteiger partial charge in [-0.1, -0.05) is 18.2 Å². The molecule has 2 rings (SSSR count). The zero-order valence-electron chi connectivity index (χ0n) is 9.26. The number of hydrogen-bond donors (Lipinski definition) is 0. The monoisotopic (exact) mass is 393 g/mol. The summed E-state index contributed by atoms with van der Waals surface area (Å²) in [4.78, 5) is 0. The normalized spacial score (nSPS) is 32.2. The van der Waals surface area contributed by atoms with Gasteiger partial charge in [-0.15, -0.1) is 0 Å². The van der Waals surface area contributed by atoms with Crippen molar-refractivity contribution >= 4 is 0 Å². The number of alkyl halides is 7. The summed E-state index contributed by atoms with van der Waals surface area (Å²) in [5, 5.41) is 0. The Labute approximate surface area is 115 Å². The highest BCUT2D eigenvalue weighted by molar-refractivity contribution is 5.19. The molecule has 0 aromatic heterocycles. The van der Waals surface area contributed by atoms with Crippen molar-refractivity contribution in [1.29, 1.82) is 0 Å². The summed E-state index contributed by atoms with van der Waals surface area (Å²) in [5.74, 6) is -10.1. The van der Waals surface area contributed by atoms with Crippen molar-refractivity contribution in [1.82, 2.24) is 0 Å². The summed E-state index contributed by atoms with van der Waals surface area (Å²) in [6.45, 7) is 0. The van der Waals surface area contributed by atoms with Crippen LogP contribution in [0.3, 0.4) is 0 Å². The fourth-order valence-electron chi connectivity index (χ4n) is 1.55. The van der Waals surface area contributed by atoms with Crippen molar-refractivity contribution in [3.63, 3.8) is 0 Å². The smallest absolute Gasteiger partial charge is 0.236 e. The van der Waals surface area contributed by atoms with Crippen LogP contribution in [0.5, 0.6) is 0 Å². The van der Waals surface area contributed by atoms with Crippen molar-refractivity contribution in [2.75, 3.05) is 0 Å². The lowest BCUT2D eigenvalue weighted by atomic mass is 9.96. The maximum Gasteiger partial charge on any atom is 0.394 e. The summed E-state index contributed by atoms with van der Waals surface area (Å²) >= 11 is -2.10. The molecule has 0 saturated carbocycles. The summed E-state index contributed by atoms with van der Waals surface area (Å²) in [5.41, 5.74) is 0. The number of allylic oxidation sites excluding steroid dienone is 2. The number of hydrogen-bond acceptors (Lipinski definition) is 0. The van der Waals surface area contributed by atoms with E-state index in [4.69, 9.17) is 0 Å². The maximum absolute atomic E-state index is 14.3. The van der Waals surface area contributed by atoms with Crippen LogP contribution in [0.25, 0.3) is 0 Å². The van der Waals surface area contributed by atoms with Crippen molar-refractivity contribution < 1.29 is 47.5 Å². The molecule has 0 heterocycles. The molecule has 0 aliphatic heterocycles. The Kier molecular flexibility index (Phi) is 3.61. The van der Waals surface area contributed by atoms with Gasteiger partial charge in [-0.3, -0.25) is 0 Å². The first-order chi connectivity index (χ1) is 8.71. The lowest BCUT2D eigenvalue weighted by Crippen LogP contribution is -3.68. The highest BCUT2D eigenvalue weighted by atomic mass is 127. The number of benzene rings is 1. The zero-order chi connectivity index (χ0) is 14.3. The van der Waals surface area contributed by atoms with Gasteiger partial charge in [0.1, 0.15) is 0 Å². The fraction of sp³-hybridized carbons (Fsp3) is 0.333. The lowest BCUT2D eigenvalue weighted by molar-refractivity contribution is -0.746. The molecule has 1 aliphatic carbocycles. The molecule has 0 fully saturated rings. The van der Waals surface area contributed by atoms with E-state index in [-0.39, 0.29) is 15.7 Å². The van der Waals surface area contributed by atoms with E-state index in [9.17, 15) is 26.3 Å². The van der Waals surface area contributed by atoms with Crippen LogP contribution < -0.4 is 21.2 Å². The number of rotatable bonds is 2. The fourth-order valence-corrected chi connectivity index (χ4v) is 4.32. The second-order valence-electron chi connectivity index (χ2n) is 3.97. The average Bonchev–Trinajstić information content (AvgIpc) is 2.35. The van der Waals surface area contributed by atoms with E-state index in [0.717, 1.165) is 0 Å². The molecule has 1 aliphatic rings. The standard InChI is InChI=1S/C12H8F6I/c13-9-6-7-10(14,12(17,18)11(9,15)16)19-8-4-2-1-3-5-8/h1-7,9H/q+1. The molecule has 19 heavy (non-hydrogen) atoms. The van der Waals surface area contributed by atoms with Gasteiger partial charge in [0.25, 0.3) is 0 Å². The lowest BCUT2D eigenvalue weighted by Gasteiger charge is -2.33. The van der Waals surface area contributed by atoms with Crippen LogP contribution in [-0.4, -0.2) is 21.7 Å². The third-order valence-corrected chi connectivity index (χ3v) is 5.80. The van der Waals surface area contributed by atoms with Crippen LogP contribution in [-0.2, 0) is 0 Å². The van der Waals surface area contributed by atoms with E-state index in [2.05, 4.69) is 0 Å². The van der Waals surface area contributed by atoms with Gasteiger partial charge in [-0.25, -0.2) is 4.39 Å². The van der Waals surface area contributed by atoms with Gasteiger partial charge in [0.15, 0.2) is 9.74 Å². The molecule has 7 heteroatoms. The third-order valence-electron chi connectivity index (χ3n) is 2.64.